The SMILES string of the molecule is CC1CN(CCCNC(=O)c2ccc[nH]c2=S)CC(C)O1. The summed E-state index contributed by atoms with van der Waals surface area (Å²) in [5, 5.41) is 2.92. The second-order valence-electron chi connectivity index (χ2n) is 5.54. The summed E-state index contributed by atoms with van der Waals surface area (Å²) in [6.45, 7) is 7.75. The standard InChI is InChI=1S/C15H23N3O2S/c1-11-9-18(10-12(2)20-11)8-4-7-16-14(19)13-5-3-6-17-15(13)21/h3,5-6,11-12H,4,7-10H2,1-2H3,(H,16,19)(H,17,21). The predicted octanol–water partition coefficient (Wildman–Crippen LogP) is 1.97. The van der Waals surface area contributed by atoms with Gasteiger partial charge in [-0.2, -0.15) is 0 Å². The van der Waals surface area contributed by atoms with Crippen molar-refractivity contribution in [1.29, 1.82) is 0 Å². The van der Waals surface area contributed by atoms with Crippen molar-refractivity contribution in [2.24, 2.45) is 0 Å². The molecule has 5 nitrogen and oxygen atoms in total. The van der Waals surface area contributed by atoms with Crippen LogP contribution in [0.1, 0.15) is 30.6 Å². The largest absolute Gasteiger partial charge is 0.373 e. The fourth-order valence-electron chi connectivity index (χ4n) is 2.67. The van der Waals surface area contributed by atoms with Gasteiger partial charge in [0, 0.05) is 32.4 Å². The summed E-state index contributed by atoms with van der Waals surface area (Å²) in [6.07, 6.45) is 3.21. The predicted molar refractivity (Wildman–Crippen MR) is 85.0 cm³/mol. The van der Waals surface area contributed by atoms with Crippen LogP contribution in [0.5, 0.6) is 0 Å². The average Bonchev–Trinajstić information content (AvgIpc) is 2.43. The number of ether oxygens (including phenoxy) is 1. The van der Waals surface area contributed by atoms with E-state index in [1.54, 1.807) is 18.3 Å². The number of amides is 1. The summed E-state index contributed by atoms with van der Waals surface area (Å²) in [5.41, 5.74) is 0.529. The van der Waals surface area contributed by atoms with Crippen LogP contribution < -0.4 is 5.32 Å². The maximum Gasteiger partial charge on any atom is 0.254 e. The average molecular weight is 309 g/mol. The van der Waals surface area contributed by atoms with Crippen LogP contribution in [0.2, 0.25) is 0 Å². The van der Waals surface area contributed by atoms with E-state index < -0.39 is 0 Å². The quantitative estimate of drug-likeness (QED) is 0.645. The van der Waals surface area contributed by atoms with Gasteiger partial charge in [-0.1, -0.05) is 12.2 Å². The second-order valence-corrected chi connectivity index (χ2v) is 5.95. The molecule has 0 aliphatic carbocycles. The van der Waals surface area contributed by atoms with E-state index in [0.29, 0.717) is 16.7 Å². The summed E-state index contributed by atoms with van der Waals surface area (Å²) in [7, 11) is 0. The summed E-state index contributed by atoms with van der Waals surface area (Å²) < 4.78 is 6.18. The lowest BCUT2D eigenvalue weighted by atomic mass is 10.2. The lowest BCUT2D eigenvalue weighted by molar-refractivity contribution is -0.0679. The molecule has 0 radical (unpaired) electrons. The molecule has 0 aromatic carbocycles. The minimum atomic E-state index is -0.111. The van der Waals surface area contributed by atoms with Gasteiger partial charge in [-0.3, -0.25) is 9.69 Å². The van der Waals surface area contributed by atoms with Crippen LogP contribution in [0.4, 0.5) is 0 Å². The highest BCUT2D eigenvalue weighted by atomic mass is 32.1. The Hall–Kier alpha value is -1.24. The van der Waals surface area contributed by atoms with Gasteiger partial charge in [-0.25, -0.2) is 0 Å². The fraction of sp³-hybridized carbons (Fsp3) is 0.600. The minimum absolute atomic E-state index is 0.111. The Labute approximate surface area is 130 Å². The highest BCUT2D eigenvalue weighted by Gasteiger charge is 2.21. The van der Waals surface area contributed by atoms with Crippen LogP contribution in [-0.2, 0) is 4.74 Å². The van der Waals surface area contributed by atoms with Crippen LogP contribution in [0.15, 0.2) is 18.3 Å². The number of carbonyl (C=O) groups is 1. The van der Waals surface area contributed by atoms with E-state index in [1.165, 1.54) is 0 Å². The number of aromatic amines is 1. The van der Waals surface area contributed by atoms with Crippen molar-refractivity contribution in [2.75, 3.05) is 26.2 Å². The number of carbonyl (C=O) groups excluding carboxylic acids is 1. The van der Waals surface area contributed by atoms with Gasteiger partial charge in [0.25, 0.3) is 5.91 Å². The van der Waals surface area contributed by atoms with Crippen LogP contribution in [0, 0.1) is 4.64 Å². The zero-order valence-electron chi connectivity index (χ0n) is 12.6. The molecule has 1 fully saturated rings. The van der Waals surface area contributed by atoms with Gasteiger partial charge in [0.05, 0.1) is 17.8 Å². The third kappa shape index (κ3) is 4.91. The van der Waals surface area contributed by atoms with Crippen LogP contribution >= 0.6 is 12.2 Å². The Morgan fingerprint density at radius 1 is 1.48 bits per heavy atom. The monoisotopic (exact) mass is 309 g/mol. The third-order valence-electron chi connectivity index (χ3n) is 3.49. The molecule has 2 atom stereocenters. The van der Waals surface area contributed by atoms with E-state index in [-0.39, 0.29) is 18.1 Å². The van der Waals surface area contributed by atoms with Gasteiger partial charge in [0.15, 0.2) is 0 Å². The van der Waals surface area contributed by atoms with E-state index in [4.69, 9.17) is 17.0 Å². The second kappa shape index (κ2) is 7.68. The number of rotatable bonds is 5. The van der Waals surface area contributed by atoms with Crippen molar-refractivity contribution >= 4 is 18.1 Å². The maximum atomic E-state index is 12.0. The normalized spacial score (nSPS) is 23.0. The van der Waals surface area contributed by atoms with Gasteiger partial charge in [0.2, 0.25) is 0 Å². The molecule has 116 valence electrons. The molecule has 6 heteroatoms. The molecule has 2 rings (SSSR count). The Balaban J connectivity index is 1.71. The molecular weight excluding hydrogens is 286 g/mol. The first kappa shape index (κ1) is 16.1. The molecule has 0 bridgehead atoms. The number of nitrogens with zero attached hydrogens (tertiary/aromatic N) is 1. The minimum Gasteiger partial charge on any atom is -0.373 e. The molecule has 2 heterocycles. The van der Waals surface area contributed by atoms with Gasteiger partial charge in [0.1, 0.15) is 4.64 Å². The van der Waals surface area contributed by atoms with Gasteiger partial charge >= 0.3 is 0 Å². The first-order valence-corrected chi connectivity index (χ1v) is 7.81. The summed E-state index contributed by atoms with van der Waals surface area (Å²) >= 11 is 5.10. The summed E-state index contributed by atoms with van der Waals surface area (Å²) in [4.78, 5) is 17.2. The molecule has 2 unspecified atom stereocenters. The van der Waals surface area contributed by atoms with Crippen LogP contribution in [0.3, 0.4) is 0 Å². The van der Waals surface area contributed by atoms with Crippen molar-refractivity contribution in [3.05, 3.63) is 28.5 Å². The number of aromatic nitrogens is 1. The van der Waals surface area contributed by atoms with Crippen molar-refractivity contribution in [1.82, 2.24) is 15.2 Å². The van der Waals surface area contributed by atoms with E-state index >= 15 is 0 Å². The Kier molecular flexibility index (Phi) is 5.90. The molecule has 1 amide bonds. The van der Waals surface area contributed by atoms with E-state index in [9.17, 15) is 4.79 Å². The molecule has 0 spiro atoms. The Bertz CT molecular complexity index is 522. The van der Waals surface area contributed by atoms with Gasteiger partial charge in [-0.05, 0) is 32.4 Å². The van der Waals surface area contributed by atoms with Crippen molar-refractivity contribution < 1.29 is 9.53 Å². The molecule has 1 aliphatic rings. The lowest BCUT2D eigenvalue weighted by Gasteiger charge is -2.35. The van der Waals surface area contributed by atoms with Crippen molar-refractivity contribution in [3.8, 4) is 0 Å². The van der Waals surface area contributed by atoms with Crippen LogP contribution in [0.25, 0.3) is 0 Å². The smallest absolute Gasteiger partial charge is 0.254 e. The number of morpholine rings is 1. The first-order valence-electron chi connectivity index (χ1n) is 7.40. The Morgan fingerprint density at radius 2 is 2.19 bits per heavy atom. The third-order valence-corrected chi connectivity index (χ3v) is 3.83. The van der Waals surface area contributed by atoms with Crippen molar-refractivity contribution in [3.63, 3.8) is 0 Å². The van der Waals surface area contributed by atoms with Gasteiger partial charge < -0.3 is 15.0 Å². The number of nitrogens with one attached hydrogen (secondary N) is 2. The van der Waals surface area contributed by atoms with Crippen molar-refractivity contribution in [2.45, 2.75) is 32.5 Å². The topological polar surface area (TPSA) is 57.4 Å². The summed E-state index contributed by atoms with van der Waals surface area (Å²) in [6, 6.07) is 3.51. The molecule has 1 aliphatic heterocycles. The van der Waals surface area contributed by atoms with Gasteiger partial charge in [-0.15, -0.1) is 0 Å². The van der Waals surface area contributed by atoms with E-state index in [1.807, 2.05) is 0 Å². The molecule has 21 heavy (non-hydrogen) atoms. The molecule has 1 aromatic heterocycles. The Morgan fingerprint density at radius 3 is 2.86 bits per heavy atom. The first-order chi connectivity index (χ1) is 10.1. The lowest BCUT2D eigenvalue weighted by Crippen LogP contribution is -2.46. The fourth-order valence-corrected chi connectivity index (χ4v) is 2.90. The van der Waals surface area contributed by atoms with E-state index in [0.717, 1.165) is 26.1 Å². The molecule has 2 N–H and O–H groups in total. The van der Waals surface area contributed by atoms with Crippen LogP contribution in [-0.4, -0.2) is 54.2 Å². The highest BCUT2D eigenvalue weighted by Crippen LogP contribution is 2.10. The maximum absolute atomic E-state index is 12.0. The zero-order valence-corrected chi connectivity index (χ0v) is 13.4. The number of hydrogen-bond donors (Lipinski definition) is 2. The zero-order chi connectivity index (χ0) is 15.2. The number of hydrogen-bond acceptors (Lipinski definition) is 4. The summed E-state index contributed by atoms with van der Waals surface area (Å²) in [5.74, 6) is -0.111. The van der Waals surface area contributed by atoms with E-state index in [2.05, 4.69) is 29.0 Å². The molecule has 1 saturated heterocycles. The molecule has 1 aromatic rings. The molecular formula is C15H23N3O2S. The number of pyridine rings is 1. The number of H-pyrrole nitrogens is 1. The highest BCUT2D eigenvalue weighted by molar-refractivity contribution is 7.71. The molecule has 0 saturated carbocycles.